The van der Waals surface area contributed by atoms with Gasteiger partial charge in [-0.05, 0) is 66.2 Å². The number of ether oxygens (including phenoxy) is 1. The summed E-state index contributed by atoms with van der Waals surface area (Å²) in [6.07, 6.45) is 0. The minimum atomic E-state index is -0.260. The summed E-state index contributed by atoms with van der Waals surface area (Å²) >= 11 is 3.48. The van der Waals surface area contributed by atoms with E-state index < -0.39 is 0 Å². The molecule has 0 spiro atoms. The predicted octanol–water partition coefficient (Wildman–Crippen LogP) is 5.36. The SMILES string of the molecule is CCNC(C)c1c(F)cccc1Oc1ccc(C)cc1Br. The van der Waals surface area contributed by atoms with Crippen molar-refractivity contribution in [3.05, 3.63) is 57.8 Å². The van der Waals surface area contributed by atoms with Crippen LogP contribution in [0.2, 0.25) is 0 Å². The number of hydrogen-bond donors (Lipinski definition) is 1. The molecule has 21 heavy (non-hydrogen) atoms. The Morgan fingerprint density at radius 1 is 1.24 bits per heavy atom. The molecule has 2 aromatic carbocycles. The van der Waals surface area contributed by atoms with E-state index in [1.54, 1.807) is 12.1 Å². The van der Waals surface area contributed by atoms with E-state index in [0.717, 1.165) is 16.6 Å². The van der Waals surface area contributed by atoms with Crippen molar-refractivity contribution in [2.75, 3.05) is 6.54 Å². The second-order valence-electron chi connectivity index (χ2n) is 4.97. The number of rotatable bonds is 5. The molecule has 1 N–H and O–H groups in total. The van der Waals surface area contributed by atoms with Gasteiger partial charge in [-0.3, -0.25) is 0 Å². The first-order valence-corrected chi connectivity index (χ1v) is 7.78. The highest BCUT2D eigenvalue weighted by Gasteiger charge is 2.17. The third-order valence-corrected chi connectivity index (χ3v) is 3.88. The van der Waals surface area contributed by atoms with Gasteiger partial charge in [-0.2, -0.15) is 0 Å². The van der Waals surface area contributed by atoms with Crippen LogP contribution in [-0.4, -0.2) is 6.54 Å². The minimum absolute atomic E-state index is 0.115. The highest BCUT2D eigenvalue weighted by molar-refractivity contribution is 9.10. The third kappa shape index (κ3) is 3.83. The average molecular weight is 352 g/mol. The first kappa shape index (κ1) is 16.0. The average Bonchev–Trinajstić information content (AvgIpc) is 2.42. The van der Waals surface area contributed by atoms with Crippen molar-refractivity contribution in [3.8, 4) is 11.5 Å². The zero-order chi connectivity index (χ0) is 15.4. The van der Waals surface area contributed by atoms with Gasteiger partial charge in [0.2, 0.25) is 0 Å². The first-order valence-electron chi connectivity index (χ1n) is 6.98. The van der Waals surface area contributed by atoms with Crippen molar-refractivity contribution in [1.29, 1.82) is 0 Å². The first-order chi connectivity index (χ1) is 10.0. The molecule has 2 aromatic rings. The number of benzene rings is 2. The Kier molecular flexibility index (Phi) is 5.37. The second-order valence-corrected chi connectivity index (χ2v) is 5.82. The molecule has 112 valence electrons. The Morgan fingerprint density at radius 2 is 2.00 bits per heavy atom. The van der Waals surface area contributed by atoms with Crippen molar-refractivity contribution in [1.82, 2.24) is 5.32 Å². The van der Waals surface area contributed by atoms with Gasteiger partial charge in [0.05, 0.1) is 4.47 Å². The lowest BCUT2D eigenvalue weighted by Gasteiger charge is -2.18. The van der Waals surface area contributed by atoms with Gasteiger partial charge in [0.25, 0.3) is 0 Å². The molecule has 1 unspecified atom stereocenters. The summed E-state index contributed by atoms with van der Waals surface area (Å²) in [5.74, 6) is 0.952. The molecule has 0 radical (unpaired) electrons. The van der Waals surface area contributed by atoms with Crippen molar-refractivity contribution < 1.29 is 9.13 Å². The standard InChI is InChI=1S/C17H19BrFNO/c1-4-20-12(3)17-14(19)6-5-7-16(17)21-15-9-8-11(2)10-13(15)18/h5-10,12,20H,4H2,1-3H3. The molecule has 2 nitrogen and oxygen atoms in total. The molecular formula is C17H19BrFNO. The molecule has 0 saturated carbocycles. The molecule has 1 atom stereocenters. The summed E-state index contributed by atoms with van der Waals surface area (Å²) in [5.41, 5.74) is 1.68. The Labute approximate surface area is 133 Å². The van der Waals surface area contributed by atoms with Crippen LogP contribution in [0.4, 0.5) is 4.39 Å². The number of halogens is 2. The molecule has 0 heterocycles. The van der Waals surface area contributed by atoms with Crippen LogP contribution in [0.3, 0.4) is 0 Å². The molecule has 0 aliphatic carbocycles. The smallest absolute Gasteiger partial charge is 0.141 e. The molecular weight excluding hydrogens is 333 g/mol. The molecule has 0 fully saturated rings. The van der Waals surface area contributed by atoms with Gasteiger partial charge in [0.1, 0.15) is 17.3 Å². The van der Waals surface area contributed by atoms with E-state index in [0.29, 0.717) is 17.1 Å². The maximum Gasteiger partial charge on any atom is 0.141 e. The maximum atomic E-state index is 14.2. The highest BCUT2D eigenvalue weighted by atomic mass is 79.9. The summed E-state index contributed by atoms with van der Waals surface area (Å²) < 4.78 is 20.9. The molecule has 0 amide bonds. The fraction of sp³-hybridized carbons (Fsp3) is 0.294. The van der Waals surface area contributed by atoms with Crippen LogP contribution in [0.25, 0.3) is 0 Å². The Bertz CT molecular complexity index is 630. The topological polar surface area (TPSA) is 21.3 Å². The van der Waals surface area contributed by atoms with Crippen LogP contribution >= 0.6 is 15.9 Å². The summed E-state index contributed by atoms with van der Waals surface area (Å²) in [6.45, 7) is 6.70. The van der Waals surface area contributed by atoms with Crippen molar-refractivity contribution in [2.24, 2.45) is 0 Å². The number of nitrogens with one attached hydrogen (secondary N) is 1. The summed E-state index contributed by atoms with van der Waals surface area (Å²) in [7, 11) is 0. The summed E-state index contributed by atoms with van der Waals surface area (Å²) in [4.78, 5) is 0. The number of hydrogen-bond acceptors (Lipinski definition) is 2. The van der Waals surface area contributed by atoms with Crippen LogP contribution in [0, 0.1) is 12.7 Å². The van der Waals surface area contributed by atoms with Crippen LogP contribution in [0.15, 0.2) is 40.9 Å². The van der Waals surface area contributed by atoms with Gasteiger partial charge in [0, 0.05) is 11.6 Å². The zero-order valence-corrected chi connectivity index (χ0v) is 14.0. The Hall–Kier alpha value is -1.39. The molecule has 4 heteroatoms. The summed E-state index contributed by atoms with van der Waals surface area (Å²) in [6, 6.07) is 10.6. The van der Waals surface area contributed by atoms with Gasteiger partial charge in [-0.1, -0.05) is 19.1 Å². The molecule has 0 bridgehead atoms. The fourth-order valence-corrected chi connectivity index (χ4v) is 2.82. The van der Waals surface area contributed by atoms with E-state index in [9.17, 15) is 4.39 Å². The lowest BCUT2D eigenvalue weighted by Crippen LogP contribution is -2.19. The van der Waals surface area contributed by atoms with E-state index in [-0.39, 0.29) is 11.9 Å². The van der Waals surface area contributed by atoms with E-state index in [1.807, 2.05) is 39.0 Å². The fourth-order valence-electron chi connectivity index (χ4n) is 2.24. The third-order valence-electron chi connectivity index (χ3n) is 3.26. The molecule has 2 rings (SSSR count). The van der Waals surface area contributed by atoms with Crippen molar-refractivity contribution >= 4 is 15.9 Å². The van der Waals surface area contributed by atoms with Gasteiger partial charge >= 0.3 is 0 Å². The van der Waals surface area contributed by atoms with Gasteiger partial charge in [-0.15, -0.1) is 0 Å². The predicted molar refractivity (Wildman–Crippen MR) is 87.4 cm³/mol. The molecule has 0 aromatic heterocycles. The van der Waals surface area contributed by atoms with E-state index >= 15 is 0 Å². The Morgan fingerprint density at radius 3 is 2.67 bits per heavy atom. The quantitative estimate of drug-likeness (QED) is 0.782. The monoisotopic (exact) mass is 351 g/mol. The Balaban J connectivity index is 2.37. The lowest BCUT2D eigenvalue weighted by molar-refractivity contribution is 0.446. The second kappa shape index (κ2) is 7.05. The van der Waals surface area contributed by atoms with E-state index in [1.165, 1.54) is 6.07 Å². The molecule has 0 saturated heterocycles. The molecule has 0 aliphatic rings. The van der Waals surface area contributed by atoms with Crippen LogP contribution in [-0.2, 0) is 0 Å². The van der Waals surface area contributed by atoms with Crippen molar-refractivity contribution in [3.63, 3.8) is 0 Å². The normalized spacial score (nSPS) is 12.2. The van der Waals surface area contributed by atoms with Crippen LogP contribution in [0.5, 0.6) is 11.5 Å². The largest absolute Gasteiger partial charge is 0.456 e. The zero-order valence-electron chi connectivity index (χ0n) is 12.4. The van der Waals surface area contributed by atoms with Gasteiger partial charge in [-0.25, -0.2) is 4.39 Å². The van der Waals surface area contributed by atoms with Crippen molar-refractivity contribution in [2.45, 2.75) is 26.8 Å². The number of aryl methyl sites for hydroxylation is 1. The summed E-state index contributed by atoms with van der Waals surface area (Å²) in [5, 5.41) is 3.22. The van der Waals surface area contributed by atoms with Crippen LogP contribution < -0.4 is 10.1 Å². The van der Waals surface area contributed by atoms with E-state index in [2.05, 4.69) is 21.2 Å². The van der Waals surface area contributed by atoms with Gasteiger partial charge < -0.3 is 10.1 Å². The maximum absolute atomic E-state index is 14.2. The lowest BCUT2D eigenvalue weighted by atomic mass is 10.1. The van der Waals surface area contributed by atoms with Crippen LogP contribution in [0.1, 0.15) is 31.0 Å². The molecule has 0 aliphatic heterocycles. The van der Waals surface area contributed by atoms with Gasteiger partial charge in [0.15, 0.2) is 0 Å². The van der Waals surface area contributed by atoms with E-state index in [4.69, 9.17) is 4.74 Å². The minimum Gasteiger partial charge on any atom is -0.456 e. The highest BCUT2D eigenvalue weighted by Crippen LogP contribution is 2.35.